The lowest BCUT2D eigenvalue weighted by Gasteiger charge is -2.49. The van der Waals surface area contributed by atoms with Crippen molar-refractivity contribution in [1.82, 2.24) is 0 Å². The molecule has 17 nitrogen and oxygen atoms in total. The van der Waals surface area contributed by atoms with E-state index in [1.54, 1.807) is 0 Å². The van der Waals surface area contributed by atoms with Crippen LogP contribution in [0.5, 0.6) is 0 Å². The van der Waals surface area contributed by atoms with Crippen molar-refractivity contribution in [3.63, 3.8) is 0 Å². The van der Waals surface area contributed by atoms with Crippen molar-refractivity contribution < 1.29 is 84.5 Å². The molecule has 0 radical (unpaired) electrons. The van der Waals surface area contributed by atoms with Crippen LogP contribution in [0, 0.1) is 0 Å². The Balaban J connectivity index is 1.57. The Morgan fingerprint density at radius 2 is 1.14 bits per heavy atom. The van der Waals surface area contributed by atoms with Gasteiger partial charge in [-0.3, -0.25) is 0 Å². The monoisotopic (exact) mass is 518 g/mol. The van der Waals surface area contributed by atoms with Gasteiger partial charge in [0.1, 0.15) is 61.0 Å². The minimum atomic E-state index is -1.83. The topological polar surface area (TPSA) is 256 Å². The lowest BCUT2D eigenvalue weighted by atomic mass is 9.96. The molecule has 0 aliphatic carbocycles. The fraction of sp³-hybridized carbons (Fsp3) is 1.00. The van der Waals surface area contributed by atoms with Crippen LogP contribution in [0.25, 0.3) is 0 Å². The maximum absolute atomic E-state index is 10.7. The van der Waals surface area contributed by atoms with Gasteiger partial charge in [0.15, 0.2) is 31.1 Å². The number of rotatable bonds is 5. The van der Waals surface area contributed by atoms with Crippen molar-refractivity contribution in [1.29, 1.82) is 0 Å². The van der Waals surface area contributed by atoms with Gasteiger partial charge in [-0.25, -0.2) is 0 Å². The highest BCUT2D eigenvalue weighted by molar-refractivity contribution is 4.97. The van der Waals surface area contributed by atoms with Crippen LogP contribution >= 0.6 is 0 Å². The Morgan fingerprint density at radius 3 is 1.80 bits per heavy atom. The maximum atomic E-state index is 10.7. The molecule has 4 saturated heterocycles. The average Bonchev–Trinajstić information content (AvgIpc) is 2.83. The highest BCUT2D eigenvalue weighted by Crippen LogP contribution is 2.35. The minimum absolute atomic E-state index is 0.683. The van der Waals surface area contributed by atoms with Crippen molar-refractivity contribution in [3.8, 4) is 0 Å². The summed E-state index contributed by atoms with van der Waals surface area (Å²) in [4.78, 5) is 10.0. The average molecular weight is 518 g/mol. The molecular formula is C18H30O17. The molecule has 15 atom stereocenters. The Bertz CT molecular complexity index is 683. The molecule has 4 aliphatic heterocycles. The van der Waals surface area contributed by atoms with E-state index in [1.807, 2.05) is 0 Å². The lowest BCUT2D eigenvalue weighted by molar-refractivity contribution is -0.592. The Morgan fingerprint density at radius 1 is 0.543 bits per heavy atom. The molecule has 0 bridgehead atoms. The first kappa shape index (κ1) is 27.4. The number of aliphatic hydroxyl groups excluding tert-OH is 9. The second-order valence-electron chi connectivity index (χ2n) is 8.54. The summed E-state index contributed by atoms with van der Waals surface area (Å²) in [6.07, 6.45) is -23.4. The Kier molecular flexibility index (Phi) is 8.89. The number of aliphatic hydroxyl groups is 9. The zero-order chi connectivity index (χ0) is 25.4. The molecular weight excluding hydrogens is 488 g/mol. The Hall–Kier alpha value is -0.680. The summed E-state index contributed by atoms with van der Waals surface area (Å²) in [6, 6.07) is 0. The van der Waals surface area contributed by atoms with E-state index < -0.39 is 112 Å². The van der Waals surface area contributed by atoms with Gasteiger partial charge in [0, 0.05) is 0 Å². The van der Waals surface area contributed by atoms with Crippen LogP contribution in [-0.2, 0) is 38.5 Å². The molecule has 204 valence electrons. The largest absolute Gasteiger partial charge is 0.394 e. The number of hydrogen-bond donors (Lipinski definition) is 9. The van der Waals surface area contributed by atoms with Crippen LogP contribution in [0.1, 0.15) is 0 Å². The molecule has 0 spiro atoms. The molecule has 0 saturated carbocycles. The minimum Gasteiger partial charge on any atom is -0.394 e. The van der Waals surface area contributed by atoms with Gasteiger partial charge in [0.05, 0.1) is 19.8 Å². The predicted octanol–water partition coefficient (Wildman–Crippen LogP) is -6.66. The molecule has 17 heteroatoms. The molecule has 4 aliphatic rings. The van der Waals surface area contributed by atoms with Crippen molar-refractivity contribution in [2.24, 2.45) is 0 Å². The van der Waals surface area contributed by atoms with Crippen LogP contribution in [0.3, 0.4) is 0 Å². The molecule has 0 amide bonds. The Labute approximate surface area is 197 Å². The summed E-state index contributed by atoms with van der Waals surface area (Å²) >= 11 is 0. The molecule has 0 aromatic rings. The van der Waals surface area contributed by atoms with Crippen LogP contribution in [0.2, 0.25) is 0 Å². The second kappa shape index (κ2) is 11.4. The van der Waals surface area contributed by atoms with Crippen LogP contribution in [0.4, 0.5) is 0 Å². The molecule has 4 rings (SSSR count). The van der Waals surface area contributed by atoms with Crippen molar-refractivity contribution >= 4 is 0 Å². The standard InChI is InChI=1S/C18H30O17/c19-1-4-7(22)10(25)11(26)17(29-4)31-13-9(24)6(3-21)30-18-15(13)34-35-33-14-12(32-18)8(23)5(2-20)28-16(14)27/h4-27H,1-3H2/t4-,5-,6-,7+,8+,9+,10+,11-,12+,13+,14-,15-,16-,17+,18+/m1/s1. The molecule has 0 aromatic heterocycles. The van der Waals surface area contributed by atoms with E-state index in [9.17, 15) is 46.0 Å². The third-order valence-corrected chi connectivity index (χ3v) is 6.35. The highest BCUT2D eigenvalue weighted by Gasteiger charge is 2.56. The SMILES string of the molecule is OC[C@H]1O[C@@H](O[C@H]2[C@@H](O)[C@@H](CO)O[C@H]3O[C@H]4[C@@H](O)[C@@H](CO)O[C@@H](O)[C@@H]4OOO[C@@H]32)[C@H](O)[C@@H](O)[C@H]1O. The smallest absolute Gasteiger partial charge is 0.190 e. The molecule has 4 heterocycles. The first-order valence-electron chi connectivity index (χ1n) is 10.9. The summed E-state index contributed by atoms with van der Waals surface area (Å²) in [5.74, 6) is 0. The first-order chi connectivity index (χ1) is 16.7. The van der Waals surface area contributed by atoms with Gasteiger partial charge >= 0.3 is 0 Å². The van der Waals surface area contributed by atoms with Gasteiger partial charge in [-0.1, -0.05) is 5.04 Å². The van der Waals surface area contributed by atoms with E-state index in [4.69, 9.17) is 33.5 Å². The molecule has 0 aromatic carbocycles. The van der Waals surface area contributed by atoms with Gasteiger partial charge < -0.3 is 69.6 Å². The summed E-state index contributed by atoms with van der Waals surface area (Å²) < 4.78 is 27.2. The van der Waals surface area contributed by atoms with E-state index in [0.29, 0.717) is 0 Å². The van der Waals surface area contributed by atoms with E-state index in [2.05, 4.69) is 5.04 Å². The maximum Gasteiger partial charge on any atom is 0.190 e. The molecule has 4 fully saturated rings. The van der Waals surface area contributed by atoms with Crippen LogP contribution in [0.15, 0.2) is 0 Å². The van der Waals surface area contributed by atoms with E-state index in [-0.39, 0.29) is 0 Å². The van der Waals surface area contributed by atoms with Crippen molar-refractivity contribution in [2.75, 3.05) is 19.8 Å². The van der Waals surface area contributed by atoms with E-state index in [1.165, 1.54) is 0 Å². The summed E-state index contributed by atoms with van der Waals surface area (Å²) in [7, 11) is 0. The zero-order valence-corrected chi connectivity index (χ0v) is 18.1. The van der Waals surface area contributed by atoms with Crippen molar-refractivity contribution in [3.05, 3.63) is 0 Å². The van der Waals surface area contributed by atoms with Crippen molar-refractivity contribution in [2.45, 2.75) is 92.1 Å². The quantitative estimate of drug-likeness (QED) is 0.153. The third-order valence-electron chi connectivity index (χ3n) is 6.35. The van der Waals surface area contributed by atoms with Crippen LogP contribution < -0.4 is 0 Å². The summed E-state index contributed by atoms with van der Waals surface area (Å²) in [6.45, 7) is -2.17. The van der Waals surface area contributed by atoms with E-state index in [0.717, 1.165) is 0 Å². The summed E-state index contributed by atoms with van der Waals surface area (Å²) in [5, 5.41) is 94.8. The van der Waals surface area contributed by atoms with Gasteiger partial charge in [-0.05, 0) is 0 Å². The third kappa shape index (κ3) is 5.19. The van der Waals surface area contributed by atoms with Gasteiger partial charge in [-0.15, -0.1) is 0 Å². The van der Waals surface area contributed by atoms with Gasteiger partial charge in [0.2, 0.25) is 0 Å². The van der Waals surface area contributed by atoms with Crippen LogP contribution in [-0.4, -0.2) is 158 Å². The normalized spacial score (nSPS) is 53.2. The lowest BCUT2D eigenvalue weighted by Crippen LogP contribution is -2.68. The molecule has 0 unspecified atom stereocenters. The number of ether oxygens (including phenoxy) is 5. The highest BCUT2D eigenvalue weighted by atomic mass is 17.5. The van der Waals surface area contributed by atoms with E-state index >= 15 is 0 Å². The summed E-state index contributed by atoms with van der Waals surface area (Å²) in [5.41, 5.74) is 0. The first-order valence-corrected chi connectivity index (χ1v) is 10.9. The molecule has 35 heavy (non-hydrogen) atoms. The van der Waals surface area contributed by atoms with Gasteiger partial charge in [-0.2, -0.15) is 9.78 Å². The van der Waals surface area contributed by atoms with Gasteiger partial charge in [0.25, 0.3) is 0 Å². The fourth-order valence-corrected chi connectivity index (χ4v) is 4.33. The zero-order valence-electron chi connectivity index (χ0n) is 18.1. The predicted molar refractivity (Wildman–Crippen MR) is 100 cm³/mol. The number of fused-ring (bicyclic) bond motifs is 2. The molecule has 9 N–H and O–H groups in total. The fourth-order valence-electron chi connectivity index (χ4n) is 4.33. The number of hydrogen-bond acceptors (Lipinski definition) is 17. The second-order valence-corrected chi connectivity index (χ2v) is 8.54.